The van der Waals surface area contributed by atoms with Crippen LogP contribution in [0.5, 0.6) is 0 Å². The number of nitrogens with one attached hydrogen (secondary N) is 2. The lowest BCUT2D eigenvalue weighted by Gasteiger charge is -2.10. The number of benzene rings is 1. The summed E-state index contributed by atoms with van der Waals surface area (Å²) < 4.78 is 18.3. The van der Waals surface area contributed by atoms with Crippen molar-refractivity contribution in [3.8, 4) is 0 Å². The van der Waals surface area contributed by atoms with Gasteiger partial charge in [-0.25, -0.2) is 4.39 Å². The van der Waals surface area contributed by atoms with E-state index >= 15 is 0 Å². The number of hydrogen-bond donors (Lipinski definition) is 2. The minimum Gasteiger partial charge on any atom is -0.359 e. The van der Waals surface area contributed by atoms with E-state index in [9.17, 15) is 4.39 Å². The molecule has 25 heavy (non-hydrogen) atoms. The molecule has 0 aliphatic heterocycles. The highest BCUT2D eigenvalue weighted by Gasteiger charge is 2.13. The predicted octanol–water partition coefficient (Wildman–Crippen LogP) is 3.63. The molecule has 0 atom stereocenters. The maximum Gasteiger partial charge on any atom is 0.191 e. The van der Waals surface area contributed by atoms with Gasteiger partial charge in [0.25, 0.3) is 0 Å². The second-order valence-corrected chi connectivity index (χ2v) is 5.96. The summed E-state index contributed by atoms with van der Waals surface area (Å²) in [5.41, 5.74) is 2.09. The zero-order chi connectivity index (χ0) is 18.1. The molecule has 1 aromatic carbocycles. The molecule has 0 spiro atoms. The fraction of sp³-hybridized carbons (Fsp3) is 0.474. The van der Waals surface area contributed by atoms with Crippen molar-refractivity contribution >= 4 is 5.96 Å². The number of rotatable bonds is 8. The molecule has 1 heterocycles. The second-order valence-electron chi connectivity index (χ2n) is 5.96. The molecule has 6 heteroatoms. The summed E-state index contributed by atoms with van der Waals surface area (Å²) in [5, 5.41) is 10.6. The molecule has 2 aromatic rings. The summed E-state index contributed by atoms with van der Waals surface area (Å²) in [4.78, 5) is 4.20. The van der Waals surface area contributed by atoms with E-state index in [0.717, 1.165) is 36.3 Å². The monoisotopic (exact) mass is 346 g/mol. The van der Waals surface area contributed by atoms with Gasteiger partial charge in [0.15, 0.2) is 11.7 Å². The number of nitrogens with zero attached hydrogens (tertiary/aromatic N) is 2. The van der Waals surface area contributed by atoms with E-state index in [2.05, 4.69) is 34.6 Å². The Morgan fingerprint density at radius 3 is 2.56 bits per heavy atom. The third-order valence-corrected chi connectivity index (χ3v) is 4.25. The van der Waals surface area contributed by atoms with Gasteiger partial charge in [0, 0.05) is 25.6 Å². The highest BCUT2D eigenvalue weighted by atomic mass is 19.1. The summed E-state index contributed by atoms with van der Waals surface area (Å²) >= 11 is 0. The van der Waals surface area contributed by atoms with Crippen molar-refractivity contribution in [2.45, 2.75) is 45.6 Å². The lowest BCUT2D eigenvalue weighted by molar-refractivity contribution is 0.368. The fourth-order valence-corrected chi connectivity index (χ4v) is 2.68. The Morgan fingerprint density at radius 1 is 1.20 bits per heavy atom. The van der Waals surface area contributed by atoms with Crippen LogP contribution in [-0.2, 0) is 13.0 Å². The molecule has 2 N–H and O–H groups in total. The van der Waals surface area contributed by atoms with Crippen molar-refractivity contribution in [1.82, 2.24) is 15.8 Å². The van der Waals surface area contributed by atoms with Gasteiger partial charge in [-0.15, -0.1) is 0 Å². The number of aromatic nitrogens is 1. The smallest absolute Gasteiger partial charge is 0.191 e. The van der Waals surface area contributed by atoms with Gasteiger partial charge >= 0.3 is 0 Å². The molecular weight excluding hydrogens is 319 g/mol. The summed E-state index contributed by atoms with van der Waals surface area (Å²) in [5.74, 6) is 1.73. The van der Waals surface area contributed by atoms with E-state index in [1.54, 1.807) is 19.2 Å². The van der Waals surface area contributed by atoms with Crippen LogP contribution in [0, 0.1) is 5.82 Å². The molecule has 0 aliphatic rings. The van der Waals surface area contributed by atoms with Gasteiger partial charge in [0.1, 0.15) is 5.82 Å². The topological polar surface area (TPSA) is 62.5 Å². The molecule has 5 nitrogen and oxygen atoms in total. The standard InChI is InChI=1S/C19H27FN4O/c1-4-15(5-2)18-12-17(25-24-18)13-23-19(21-3)22-11-10-14-6-8-16(20)9-7-14/h6-9,12,15H,4-5,10-11,13H2,1-3H3,(H2,21,22,23). The highest BCUT2D eigenvalue weighted by molar-refractivity contribution is 5.79. The summed E-state index contributed by atoms with van der Waals surface area (Å²) in [7, 11) is 1.73. The van der Waals surface area contributed by atoms with Gasteiger partial charge in [-0.2, -0.15) is 0 Å². The molecule has 0 bridgehead atoms. The Kier molecular flexibility index (Phi) is 7.44. The van der Waals surface area contributed by atoms with Crippen molar-refractivity contribution < 1.29 is 8.91 Å². The molecule has 0 radical (unpaired) electrons. The van der Waals surface area contributed by atoms with Gasteiger partial charge in [-0.1, -0.05) is 31.1 Å². The Balaban J connectivity index is 1.77. The average molecular weight is 346 g/mol. The van der Waals surface area contributed by atoms with E-state index in [1.165, 1.54) is 12.1 Å². The highest BCUT2D eigenvalue weighted by Crippen LogP contribution is 2.22. The van der Waals surface area contributed by atoms with Crippen LogP contribution in [0.15, 0.2) is 39.8 Å². The fourth-order valence-electron chi connectivity index (χ4n) is 2.68. The van der Waals surface area contributed by atoms with E-state index in [0.29, 0.717) is 25.0 Å². The molecule has 0 amide bonds. The molecule has 0 saturated heterocycles. The lowest BCUT2D eigenvalue weighted by Crippen LogP contribution is -2.37. The molecular formula is C19H27FN4O. The second kappa shape index (κ2) is 9.81. The SMILES string of the molecule is CCC(CC)c1cc(CNC(=NC)NCCc2ccc(F)cc2)on1. The van der Waals surface area contributed by atoms with Gasteiger partial charge in [0.05, 0.1) is 12.2 Å². The maximum atomic E-state index is 12.9. The Labute approximate surface area is 148 Å². The quantitative estimate of drug-likeness (QED) is 0.566. The van der Waals surface area contributed by atoms with E-state index in [4.69, 9.17) is 4.52 Å². The van der Waals surface area contributed by atoms with Crippen molar-refractivity contribution in [2.75, 3.05) is 13.6 Å². The summed E-state index contributed by atoms with van der Waals surface area (Å²) in [6.45, 7) is 5.56. The van der Waals surface area contributed by atoms with Crippen LogP contribution < -0.4 is 10.6 Å². The zero-order valence-electron chi connectivity index (χ0n) is 15.2. The first-order valence-electron chi connectivity index (χ1n) is 8.80. The number of hydrogen-bond acceptors (Lipinski definition) is 3. The third kappa shape index (κ3) is 5.89. The minimum absolute atomic E-state index is 0.214. The van der Waals surface area contributed by atoms with Crippen LogP contribution in [-0.4, -0.2) is 24.7 Å². The molecule has 0 aliphatic carbocycles. The van der Waals surface area contributed by atoms with Crippen LogP contribution in [0.3, 0.4) is 0 Å². The van der Waals surface area contributed by atoms with Gasteiger partial charge in [-0.3, -0.25) is 4.99 Å². The van der Waals surface area contributed by atoms with Crippen LogP contribution >= 0.6 is 0 Å². The first-order chi connectivity index (χ1) is 12.2. The minimum atomic E-state index is -0.214. The van der Waals surface area contributed by atoms with Crippen LogP contribution in [0.2, 0.25) is 0 Å². The normalized spacial score (nSPS) is 11.8. The predicted molar refractivity (Wildman–Crippen MR) is 98.1 cm³/mol. The molecule has 0 unspecified atom stereocenters. The Bertz CT molecular complexity index is 662. The van der Waals surface area contributed by atoms with Crippen molar-refractivity contribution in [3.05, 3.63) is 53.2 Å². The Morgan fingerprint density at radius 2 is 1.92 bits per heavy atom. The lowest BCUT2D eigenvalue weighted by atomic mass is 9.99. The van der Waals surface area contributed by atoms with Crippen LogP contribution in [0.1, 0.15) is 49.6 Å². The van der Waals surface area contributed by atoms with Crippen LogP contribution in [0.25, 0.3) is 0 Å². The molecule has 0 saturated carbocycles. The van der Waals surface area contributed by atoms with E-state index < -0.39 is 0 Å². The molecule has 136 valence electrons. The van der Waals surface area contributed by atoms with Crippen molar-refractivity contribution in [3.63, 3.8) is 0 Å². The summed E-state index contributed by atoms with van der Waals surface area (Å²) in [6.07, 6.45) is 2.91. The third-order valence-electron chi connectivity index (χ3n) is 4.25. The zero-order valence-corrected chi connectivity index (χ0v) is 15.2. The number of halogens is 1. The van der Waals surface area contributed by atoms with Crippen molar-refractivity contribution in [2.24, 2.45) is 4.99 Å². The van der Waals surface area contributed by atoms with E-state index in [1.807, 2.05) is 6.07 Å². The van der Waals surface area contributed by atoms with E-state index in [-0.39, 0.29) is 5.82 Å². The first kappa shape index (κ1) is 19.0. The average Bonchev–Trinajstić information content (AvgIpc) is 3.09. The first-order valence-corrected chi connectivity index (χ1v) is 8.80. The maximum absolute atomic E-state index is 12.9. The van der Waals surface area contributed by atoms with Gasteiger partial charge in [-0.05, 0) is 37.0 Å². The Hall–Kier alpha value is -2.37. The number of guanidine groups is 1. The molecule has 0 fully saturated rings. The largest absolute Gasteiger partial charge is 0.359 e. The van der Waals surface area contributed by atoms with Gasteiger partial charge < -0.3 is 15.2 Å². The van der Waals surface area contributed by atoms with Crippen molar-refractivity contribution in [1.29, 1.82) is 0 Å². The molecule has 1 aromatic heterocycles. The van der Waals surface area contributed by atoms with Gasteiger partial charge in [0.2, 0.25) is 0 Å². The molecule has 2 rings (SSSR count). The van der Waals surface area contributed by atoms with Crippen LogP contribution in [0.4, 0.5) is 4.39 Å². The number of aliphatic imine (C=N–C) groups is 1. The summed E-state index contributed by atoms with van der Waals surface area (Å²) in [6, 6.07) is 8.55.